The van der Waals surface area contributed by atoms with Crippen LogP contribution in [0.1, 0.15) is 42.7 Å². The summed E-state index contributed by atoms with van der Waals surface area (Å²) in [6.07, 6.45) is 3.32. The van der Waals surface area contributed by atoms with E-state index >= 15 is 0 Å². The first-order chi connectivity index (χ1) is 11.6. The third-order valence-corrected chi connectivity index (χ3v) is 3.93. The molecule has 5 nitrogen and oxygen atoms in total. The van der Waals surface area contributed by atoms with Gasteiger partial charge in [0.25, 0.3) is 5.91 Å². The summed E-state index contributed by atoms with van der Waals surface area (Å²) in [4.78, 5) is 28.3. The van der Waals surface area contributed by atoms with Crippen molar-refractivity contribution in [3.05, 3.63) is 59.9 Å². The largest absolute Gasteiger partial charge is 0.346 e. The number of pyridine rings is 1. The Bertz CT molecular complexity index is 665. The standard InChI is InChI=1S/C19H23N3O2/c1-3-14(4-2)19(24)22-16-10-8-15(9-11-16)18(23)21-13-17-7-5-6-12-20-17/h5-12,14H,3-4,13H2,1-2H3,(H,21,23)(H,22,24). The van der Waals surface area contributed by atoms with Gasteiger partial charge < -0.3 is 10.6 Å². The average Bonchev–Trinajstić information content (AvgIpc) is 2.62. The average molecular weight is 325 g/mol. The number of carbonyl (C=O) groups is 2. The van der Waals surface area contributed by atoms with Gasteiger partial charge in [-0.15, -0.1) is 0 Å². The van der Waals surface area contributed by atoms with Crippen molar-refractivity contribution in [2.45, 2.75) is 33.2 Å². The molecular weight excluding hydrogens is 302 g/mol. The molecule has 0 fully saturated rings. The van der Waals surface area contributed by atoms with Crippen molar-refractivity contribution in [3.63, 3.8) is 0 Å². The summed E-state index contributed by atoms with van der Waals surface area (Å²) < 4.78 is 0. The zero-order chi connectivity index (χ0) is 17.4. The molecule has 0 unspecified atom stereocenters. The van der Waals surface area contributed by atoms with Crippen molar-refractivity contribution in [3.8, 4) is 0 Å². The fourth-order valence-corrected chi connectivity index (χ4v) is 2.38. The van der Waals surface area contributed by atoms with Crippen molar-refractivity contribution in [1.29, 1.82) is 0 Å². The fourth-order valence-electron chi connectivity index (χ4n) is 2.38. The topological polar surface area (TPSA) is 71.1 Å². The lowest BCUT2D eigenvalue weighted by Crippen LogP contribution is -2.23. The van der Waals surface area contributed by atoms with Gasteiger partial charge in [0.15, 0.2) is 0 Å². The van der Waals surface area contributed by atoms with E-state index in [0.717, 1.165) is 18.5 Å². The van der Waals surface area contributed by atoms with E-state index in [4.69, 9.17) is 0 Å². The van der Waals surface area contributed by atoms with Crippen LogP contribution >= 0.6 is 0 Å². The van der Waals surface area contributed by atoms with E-state index in [1.165, 1.54) is 0 Å². The van der Waals surface area contributed by atoms with Gasteiger partial charge in [0, 0.05) is 23.4 Å². The molecule has 0 aliphatic heterocycles. The summed E-state index contributed by atoms with van der Waals surface area (Å²) >= 11 is 0. The number of rotatable bonds is 7. The Hall–Kier alpha value is -2.69. The summed E-state index contributed by atoms with van der Waals surface area (Å²) in [5.41, 5.74) is 2.06. The van der Waals surface area contributed by atoms with Gasteiger partial charge >= 0.3 is 0 Å². The van der Waals surface area contributed by atoms with Crippen LogP contribution in [0, 0.1) is 5.92 Å². The van der Waals surface area contributed by atoms with Gasteiger partial charge in [-0.1, -0.05) is 19.9 Å². The number of hydrogen-bond acceptors (Lipinski definition) is 3. The molecule has 0 bridgehead atoms. The van der Waals surface area contributed by atoms with Gasteiger partial charge in [-0.25, -0.2) is 0 Å². The SMILES string of the molecule is CCC(CC)C(=O)Nc1ccc(C(=O)NCc2ccccn2)cc1. The van der Waals surface area contributed by atoms with Crippen LogP contribution in [0.4, 0.5) is 5.69 Å². The second kappa shape index (κ2) is 8.82. The second-order valence-corrected chi connectivity index (χ2v) is 5.58. The van der Waals surface area contributed by atoms with Crippen molar-refractivity contribution >= 4 is 17.5 Å². The maximum Gasteiger partial charge on any atom is 0.251 e. The fraction of sp³-hybridized carbons (Fsp3) is 0.316. The molecule has 0 saturated heterocycles. The smallest absolute Gasteiger partial charge is 0.251 e. The predicted molar refractivity (Wildman–Crippen MR) is 94.6 cm³/mol. The Labute approximate surface area is 142 Å². The Morgan fingerprint density at radius 1 is 1.04 bits per heavy atom. The molecule has 0 aliphatic rings. The normalized spacial score (nSPS) is 10.5. The minimum Gasteiger partial charge on any atom is -0.346 e. The molecule has 2 N–H and O–H groups in total. The number of hydrogen-bond donors (Lipinski definition) is 2. The summed E-state index contributed by atoms with van der Waals surface area (Å²) in [6, 6.07) is 12.5. The molecule has 24 heavy (non-hydrogen) atoms. The quantitative estimate of drug-likeness (QED) is 0.820. The van der Waals surface area contributed by atoms with Crippen molar-refractivity contribution < 1.29 is 9.59 Å². The lowest BCUT2D eigenvalue weighted by molar-refractivity contribution is -0.120. The molecule has 2 amide bonds. The first kappa shape index (κ1) is 17.7. The third-order valence-electron chi connectivity index (χ3n) is 3.93. The van der Waals surface area contributed by atoms with Gasteiger partial charge in [0.1, 0.15) is 0 Å². The molecule has 0 aliphatic carbocycles. The monoisotopic (exact) mass is 325 g/mol. The zero-order valence-electron chi connectivity index (χ0n) is 14.1. The Morgan fingerprint density at radius 3 is 2.33 bits per heavy atom. The Balaban J connectivity index is 1.91. The van der Waals surface area contributed by atoms with E-state index in [1.54, 1.807) is 30.5 Å². The van der Waals surface area contributed by atoms with E-state index in [2.05, 4.69) is 15.6 Å². The minimum absolute atomic E-state index is 0.0198. The number of carbonyl (C=O) groups excluding carboxylic acids is 2. The highest BCUT2D eigenvalue weighted by atomic mass is 16.2. The summed E-state index contributed by atoms with van der Waals surface area (Å²) in [6.45, 7) is 4.39. The van der Waals surface area contributed by atoms with Crippen molar-refractivity contribution in [2.24, 2.45) is 5.92 Å². The van der Waals surface area contributed by atoms with E-state index in [0.29, 0.717) is 17.8 Å². The highest BCUT2D eigenvalue weighted by Gasteiger charge is 2.14. The number of benzene rings is 1. The van der Waals surface area contributed by atoms with Crippen LogP contribution in [-0.4, -0.2) is 16.8 Å². The number of anilines is 1. The van der Waals surface area contributed by atoms with Crippen LogP contribution in [0.3, 0.4) is 0 Å². The molecule has 0 spiro atoms. The van der Waals surface area contributed by atoms with Crippen LogP contribution in [0.5, 0.6) is 0 Å². The summed E-state index contributed by atoms with van der Waals surface area (Å²) in [7, 11) is 0. The number of nitrogens with one attached hydrogen (secondary N) is 2. The van der Waals surface area contributed by atoms with Crippen LogP contribution in [0.25, 0.3) is 0 Å². The van der Waals surface area contributed by atoms with Crippen LogP contribution in [-0.2, 0) is 11.3 Å². The highest BCUT2D eigenvalue weighted by Crippen LogP contribution is 2.14. The number of nitrogens with zero attached hydrogens (tertiary/aromatic N) is 1. The summed E-state index contributed by atoms with van der Waals surface area (Å²) in [5, 5.41) is 5.71. The summed E-state index contributed by atoms with van der Waals surface area (Å²) in [5.74, 6) is -0.128. The molecule has 0 radical (unpaired) electrons. The van der Waals surface area contributed by atoms with E-state index in [9.17, 15) is 9.59 Å². The lowest BCUT2D eigenvalue weighted by atomic mass is 10.0. The van der Waals surface area contributed by atoms with Gasteiger partial charge in [-0.3, -0.25) is 14.6 Å². The van der Waals surface area contributed by atoms with Crippen molar-refractivity contribution in [1.82, 2.24) is 10.3 Å². The lowest BCUT2D eigenvalue weighted by Gasteiger charge is -2.13. The molecule has 1 heterocycles. The Kier molecular flexibility index (Phi) is 6.49. The first-order valence-corrected chi connectivity index (χ1v) is 8.23. The third kappa shape index (κ3) is 4.91. The van der Waals surface area contributed by atoms with Gasteiger partial charge in [-0.05, 0) is 49.2 Å². The van der Waals surface area contributed by atoms with Gasteiger partial charge in [0.2, 0.25) is 5.91 Å². The maximum absolute atomic E-state index is 12.1. The second-order valence-electron chi connectivity index (χ2n) is 5.58. The van der Waals surface area contributed by atoms with Crippen LogP contribution < -0.4 is 10.6 Å². The van der Waals surface area contributed by atoms with Crippen molar-refractivity contribution in [2.75, 3.05) is 5.32 Å². The number of amides is 2. The van der Waals surface area contributed by atoms with Gasteiger partial charge in [0.05, 0.1) is 12.2 Å². The first-order valence-electron chi connectivity index (χ1n) is 8.23. The van der Waals surface area contributed by atoms with Gasteiger partial charge in [-0.2, -0.15) is 0 Å². The van der Waals surface area contributed by atoms with Crippen LogP contribution in [0.2, 0.25) is 0 Å². The Morgan fingerprint density at radius 2 is 1.75 bits per heavy atom. The van der Waals surface area contributed by atoms with E-state index < -0.39 is 0 Å². The molecule has 1 aromatic carbocycles. The molecular formula is C19H23N3O2. The molecule has 2 aromatic rings. The molecule has 1 aromatic heterocycles. The van der Waals surface area contributed by atoms with Crippen LogP contribution in [0.15, 0.2) is 48.7 Å². The molecule has 0 saturated carbocycles. The van der Waals surface area contributed by atoms with E-state index in [-0.39, 0.29) is 17.7 Å². The predicted octanol–water partition coefficient (Wildman–Crippen LogP) is 3.39. The molecule has 126 valence electrons. The molecule has 2 rings (SSSR count). The molecule has 5 heteroatoms. The zero-order valence-corrected chi connectivity index (χ0v) is 14.1. The maximum atomic E-state index is 12.1. The minimum atomic E-state index is -0.168. The highest BCUT2D eigenvalue weighted by molar-refractivity contribution is 5.96. The number of aromatic nitrogens is 1. The van der Waals surface area contributed by atoms with E-state index in [1.807, 2.05) is 32.0 Å². The molecule has 0 atom stereocenters.